The molecule has 0 fully saturated rings. The number of hydrogen-bond donors (Lipinski definition) is 1. The van der Waals surface area contributed by atoms with Crippen LogP contribution in [0.5, 0.6) is 0 Å². The van der Waals surface area contributed by atoms with Gasteiger partial charge in [-0.2, -0.15) is 0 Å². The topological polar surface area (TPSA) is 12.0 Å². The highest BCUT2D eigenvalue weighted by Gasteiger charge is 2.20. The van der Waals surface area contributed by atoms with Gasteiger partial charge in [-0.3, -0.25) is 0 Å². The Kier molecular flexibility index (Phi) is 4.69. The minimum atomic E-state index is -0.188. The Morgan fingerprint density at radius 1 is 0.947 bits per heavy atom. The fraction of sp³-hybridized carbons (Fsp3) is 0.294. The first-order chi connectivity index (χ1) is 9.22. The smallest absolute Gasteiger partial charge is 0.123 e. The van der Waals surface area contributed by atoms with Crippen LogP contribution in [0.1, 0.15) is 30.9 Å². The van der Waals surface area contributed by atoms with Crippen molar-refractivity contribution in [2.24, 2.45) is 0 Å². The van der Waals surface area contributed by atoms with Gasteiger partial charge in [0, 0.05) is 12.0 Å². The summed E-state index contributed by atoms with van der Waals surface area (Å²) in [5.74, 6) is 0.0495. The first-order valence-corrected chi connectivity index (χ1v) is 6.76. The van der Waals surface area contributed by atoms with Crippen molar-refractivity contribution < 1.29 is 4.39 Å². The fourth-order valence-corrected chi connectivity index (χ4v) is 2.54. The number of rotatable bonds is 5. The molecule has 0 aromatic heterocycles. The van der Waals surface area contributed by atoms with Gasteiger partial charge >= 0.3 is 0 Å². The van der Waals surface area contributed by atoms with E-state index in [4.69, 9.17) is 0 Å². The average Bonchev–Trinajstić information content (AvgIpc) is 2.43. The number of likely N-dealkylation sites (N-methyl/N-ethyl adjacent to an activating group) is 1. The fourth-order valence-electron chi connectivity index (χ4n) is 2.54. The van der Waals surface area contributed by atoms with Crippen LogP contribution in [-0.4, -0.2) is 12.6 Å². The maximum atomic E-state index is 13.1. The Balaban J connectivity index is 2.37. The van der Waals surface area contributed by atoms with Crippen molar-refractivity contribution in [2.75, 3.05) is 6.54 Å². The predicted octanol–water partition coefficient (Wildman–Crippen LogP) is 3.96. The molecule has 2 aromatic rings. The third kappa shape index (κ3) is 3.42. The van der Waals surface area contributed by atoms with Gasteiger partial charge in [0.05, 0.1) is 0 Å². The second-order valence-corrected chi connectivity index (χ2v) is 4.79. The zero-order chi connectivity index (χ0) is 13.7. The van der Waals surface area contributed by atoms with Crippen LogP contribution in [0.25, 0.3) is 0 Å². The Hall–Kier alpha value is -1.67. The van der Waals surface area contributed by atoms with Gasteiger partial charge < -0.3 is 5.32 Å². The second kappa shape index (κ2) is 6.48. The van der Waals surface area contributed by atoms with Gasteiger partial charge in [-0.05, 0) is 36.7 Å². The first kappa shape index (κ1) is 13.8. The highest BCUT2D eigenvalue weighted by atomic mass is 19.1. The molecule has 2 rings (SSSR count). The third-order valence-electron chi connectivity index (χ3n) is 3.41. The molecule has 0 aliphatic rings. The summed E-state index contributed by atoms with van der Waals surface area (Å²) in [6.45, 7) is 5.19. The summed E-state index contributed by atoms with van der Waals surface area (Å²) in [4.78, 5) is 0. The van der Waals surface area contributed by atoms with Crippen LogP contribution in [-0.2, 0) is 0 Å². The van der Waals surface area contributed by atoms with Gasteiger partial charge in [-0.25, -0.2) is 4.39 Å². The van der Waals surface area contributed by atoms with Crippen LogP contribution >= 0.6 is 0 Å². The molecule has 0 aliphatic heterocycles. The molecule has 1 N–H and O–H groups in total. The molecule has 2 heteroatoms. The van der Waals surface area contributed by atoms with Crippen LogP contribution in [0.15, 0.2) is 54.6 Å². The van der Waals surface area contributed by atoms with Crippen molar-refractivity contribution in [3.05, 3.63) is 71.5 Å². The van der Waals surface area contributed by atoms with Crippen LogP contribution in [0.3, 0.4) is 0 Å². The molecule has 1 nitrogen and oxygen atoms in total. The average molecular weight is 257 g/mol. The van der Waals surface area contributed by atoms with Crippen LogP contribution in [0.2, 0.25) is 0 Å². The number of benzene rings is 2. The molecule has 2 unspecified atom stereocenters. The van der Waals surface area contributed by atoms with Crippen molar-refractivity contribution in [1.82, 2.24) is 5.32 Å². The largest absolute Gasteiger partial charge is 0.314 e. The van der Waals surface area contributed by atoms with Crippen molar-refractivity contribution in [3.63, 3.8) is 0 Å². The van der Waals surface area contributed by atoms with E-state index in [0.29, 0.717) is 6.04 Å². The van der Waals surface area contributed by atoms with E-state index in [0.717, 1.165) is 12.1 Å². The molecule has 0 heterocycles. The van der Waals surface area contributed by atoms with Gasteiger partial charge in [0.2, 0.25) is 0 Å². The summed E-state index contributed by atoms with van der Waals surface area (Å²) in [5, 5.41) is 3.46. The van der Waals surface area contributed by atoms with E-state index < -0.39 is 0 Å². The minimum Gasteiger partial charge on any atom is -0.314 e. The van der Waals surface area contributed by atoms with E-state index in [2.05, 4.69) is 31.3 Å². The SMILES string of the molecule is CCNC(C)C(c1ccccc1)c1ccc(F)cc1. The molecule has 0 bridgehead atoms. The second-order valence-electron chi connectivity index (χ2n) is 4.79. The highest BCUT2D eigenvalue weighted by Crippen LogP contribution is 2.28. The van der Waals surface area contributed by atoms with Crippen molar-refractivity contribution in [3.8, 4) is 0 Å². The molecular weight excluding hydrogens is 237 g/mol. The molecule has 2 atom stereocenters. The van der Waals surface area contributed by atoms with E-state index in [1.54, 1.807) is 0 Å². The van der Waals surface area contributed by atoms with Crippen molar-refractivity contribution >= 4 is 0 Å². The Morgan fingerprint density at radius 2 is 1.53 bits per heavy atom. The van der Waals surface area contributed by atoms with E-state index >= 15 is 0 Å². The van der Waals surface area contributed by atoms with E-state index in [-0.39, 0.29) is 11.7 Å². The Labute approximate surface area is 114 Å². The lowest BCUT2D eigenvalue weighted by atomic mass is 9.86. The van der Waals surface area contributed by atoms with Gasteiger partial charge in [0.15, 0.2) is 0 Å². The van der Waals surface area contributed by atoms with Crippen LogP contribution < -0.4 is 5.32 Å². The number of nitrogens with one attached hydrogen (secondary N) is 1. The summed E-state index contributed by atoms with van der Waals surface area (Å²) in [5.41, 5.74) is 2.39. The molecular formula is C17H20FN. The molecule has 100 valence electrons. The van der Waals surface area contributed by atoms with Crippen molar-refractivity contribution in [2.45, 2.75) is 25.8 Å². The third-order valence-corrected chi connectivity index (χ3v) is 3.41. The number of halogens is 1. The zero-order valence-corrected chi connectivity index (χ0v) is 11.4. The summed E-state index contributed by atoms with van der Waals surface area (Å²) in [6, 6.07) is 17.5. The zero-order valence-electron chi connectivity index (χ0n) is 11.4. The van der Waals surface area contributed by atoms with Gasteiger partial charge in [-0.15, -0.1) is 0 Å². The van der Waals surface area contributed by atoms with Gasteiger partial charge in [0.25, 0.3) is 0 Å². The predicted molar refractivity (Wildman–Crippen MR) is 77.8 cm³/mol. The van der Waals surface area contributed by atoms with Gasteiger partial charge in [-0.1, -0.05) is 49.4 Å². The molecule has 0 aliphatic carbocycles. The van der Waals surface area contributed by atoms with Crippen LogP contribution in [0.4, 0.5) is 4.39 Å². The van der Waals surface area contributed by atoms with E-state index in [1.807, 2.05) is 30.3 Å². The standard InChI is InChI=1S/C17H20FN/c1-3-19-13(2)17(14-7-5-4-6-8-14)15-9-11-16(18)12-10-15/h4-13,17,19H,3H2,1-2H3. The molecule has 0 saturated carbocycles. The summed E-state index contributed by atoms with van der Waals surface area (Å²) >= 11 is 0. The molecule has 0 saturated heterocycles. The maximum Gasteiger partial charge on any atom is 0.123 e. The van der Waals surface area contributed by atoms with Gasteiger partial charge in [0.1, 0.15) is 5.82 Å². The Bertz CT molecular complexity index is 492. The maximum absolute atomic E-state index is 13.1. The van der Waals surface area contributed by atoms with E-state index in [1.165, 1.54) is 17.7 Å². The quantitative estimate of drug-likeness (QED) is 0.855. The minimum absolute atomic E-state index is 0.188. The molecule has 2 aromatic carbocycles. The first-order valence-electron chi connectivity index (χ1n) is 6.76. The monoisotopic (exact) mass is 257 g/mol. The lowest BCUT2D eigenvalue weighted by Crippen LogP contribution is -2.32. The molecule has 0 spiro atoms. The summed E-state index contributed by atoms with van der Waals surface area (Å²) in [6.07, 6.45) is 0. The number of hydrogen-bond acceptors (Lipinski definition) is 1. The molecule has 19 heavy (non-hydrogen) atoms. The van der Waals surface area contributed by atoms with E-state index in [9.17, 15) is 4.39 Å². The summed E-state index contributed by atoms with van der Waals surface area (Å²) < 4.78 is 13.1. The Morgan fingerprint density at radius 3 is 2.11 bits per heavy atom. The van der Waals surface area contributed by atoms with Crippen LogP contribution in [0, 0.1) is 5.82 Å². The lowest BCUT2D eigenvalue weighted by Gasteiger charge is -2.25. The molecule has 0 radical (unpaired) electrons. The summed E-state index contributed by atoms with van der Waals surface area (Å²) in [7, 11) is 0. The lowest BCUT2D eigenvalue weighted by molar-refractivity contribution is 0.513. The normalized spacial score (nSPS) is 14.1. The highest BCUT2D eigenvalue weighted by molar-refractivity contribution is 5.34. The molecule has 0 amide bonds. The van der Waals surface area contributed by atoms with Crippen molar-refractivity contribution in [1.29, 1.82) is 0 Å².